The molecule has 0 aromatic heterocycles. The molecule has 0 saturated carbocycles. The minimum absolute atomic E-state index is 0.206. The fourth-order valence-corrected chi connectivity index (χ4v) is 3.01. The molecule has 0 aliphatic carbocycles. The topological polar surface area (TPSA) is 23.5 Å². The van der Waals surface area contributed by atoms with Crippen LogP contribution in [0.4, 0.5) is 71.5 Å². The first-order valence-corrected chi connectivity index (χ1v) is 9.74. The lowest BCUT2D eigenvalue weighted by Gasteiger charge is -2.41. The number of aliphatic hydroxyl groups is 1. The van der Waals surface area contributed by atoms with Crippen LogP contribution in [0.15, 0.2) is 24.3 Å². The molecule has 0 fully saturated rings. The van der Waals surface area contributed by atoms with Crippen LogP contribution in [0.25, 0.3) is 0 Å². The predicted octanol–water partition coefficient (Wildman–Crippen LogP) is 7.33. The third kappa shape index (κ3) is 4.90. The molecule has 2 nitrogen and oxygen atoms in total. The van der Waals surface area contributed by atoms with Crippen LogP contribution in [0, 0.1) is 0 Å². The van der Waals surface area contributed by atoms with Gasteiger partial charge in [0.05, 0.1) is 6.10 Å². The second kappa shape index (κ2) is 9.67. The Morgan fingerprint density at radius 2 is 1.08 bits per heavy atom. The monoisotopic (exact) mass is 561 g/mol. The van der Waals surface area contributed by atoms with Gasteiger partial charge in [0, 0.05) is 25.2 Å². The first kappa shape index (κ1) is 32.0. The highest BCUT2D eigenvalue weighted by Crippen LogP contribution is 2.63. The zero-order valence-electron chi connectivity index (χ0n) is 18.1. The fraction of sp³-hybridized carbons (Fsp3) is 0.684. The molecule has 1 N–H and O–H groups in total. The molecule has 0 amide bonds. The van der Waals surface area contributed by atoms with Gasteiger partial charge in [0.25, 0.3) is 0 Å². The van der Waals surface area contributed by atoms with Gasteiger partial charge in [-0.3, -0.25) is 0 Å². The van der Waals surface area contributed by atoms with Gasteiger partial charge in [-0.25, -0.2) is 0 Å². The molecular formula is C19H18F15NO. The Labute approximate surface area is 193 Å². The molecule has 1 atom stereocenters. The zero-order valence-corrected chi connectivity index (χ0v) is 18.1. The molecule has 1 aromatic rings. The molecule has 0 heterocycles. The summed E-state index contributed by atoms with van der Waals surface area (Å²) in [6.45, 7) is 3.87. The molecule has 0 spiro atoms. The quantitative estimate of drug-likeness (QED) is 0.286. The summed E-state index contributed by atoms with van der Waals surface area (Å²) in [6, 6.07) is 4.21. The van der Waals surface area contributed by atoms with Crippen molar-refractivity contribution in [1.29, 1.82) is 0 Å². The SMILES string of the molecule is CCN(CC)c1cccc(C(O)CC(F)(F)C(F)(F)C(F)(F)C(F)(F)C(F)(F)C(F)(F)C(F)(F)F)c1. The minimum Gasteiger partial charge on any atom is -0.388 e. The summed E-state index contributed by atoms with van der Waals surface area (Å²) in [4.78, 5) is 1.54. The van der Waals surface area contributed by atoms with Gasteiger partial charge in [0.15, 0.2) is 0 Å². The van der Waals surface area contributed by atoms with E-state index < -0.39 is 59.8 Å². The van der Waals surface area contributed by atoms with Crippen molar-refractivity contribution in [1.82, 2.24) is 0 Å². The molecule has 17 heteroatoms. The van der Waals surface area contributed by atoms with E-state index >= 15 is 0 Å². The summed E-state index contributed by atoms with van der Waals surface area (Å²) in [6.07, 6.45) is -13.3. The van der Waals surface area contributed by atoms with E-state index in [2.05, 4.69) is 0 Å². The smallest absolute Gasteiger partial charge is 0.388 e. The summed E-state index contributed by atoms with van der Waals surface area (Å²) >= 11 is 0. The molecule has 36 heavy (non-hydrogen) atoms. The third-order valence-electron chi connectivity index (χ3n) is 5.23. The van der Waals surface area contributed by atoms with E-state index in [1.165, 1.54) is 6.07 Å². The number of alkyl halides is 15. The second-order valence-electron chi connectivity index (χ2n) is 7.56. The highest BCUT2D eigenvalue weighted by Gasteiger charge is 2.93. The van der Waals surface area contributed by atoms with Crippen LogP contribution >= 0.6 is 0 Å². The number of hydrogen-bond acceptors (Lipinski definition) is 2. The van der Waals surface area contributed by atoms with Crippen molar-refractivity contribution < 1.29 is 71.0 Å². The first-order chi connectivity index (χ1) is 15.9. The molecule has 1 rings (SSSR count). The molecular weight excluding hydrogens is 543 g/mol. The van der Waals surface area contributed by atoms with Gasteiger partial charge in [-0.05, 0) is 31.5 Å². The van der Waals surface area contributed by atoms with E-state index in [4.69, 9.17) is 0 Å². The van der Waals surface area contributed by atoms with Gasteiger partial charge >= 0.3 is 41.7 Å². The van der Waals surface area contributed by atoms with Crippen molar-refractivity contribution in [3.05, 3.63) is 29.8 Å². The number of nitrogens with zero attached hydrogens (tertiary/aromatic N) is 1. The average Bonchev–Trinajstić information content (AvgIpc) is 2.73. The zero-order chi connectivity index (χ0) is 28.8. The van der Waals surface area contributed by atoms with Crippen molar-refractivity contribution >= 4 is 5.69 Å². The van der Waals surface area contributed by atoms with Crippen molar-refractivity contribution in [3.8, 4) is 0 Å². The predicted molar refractivity (Wildman–Crippen MR) is 95.3 cm³/mol. The lowest BCUT2D eigenvalue weighted by molar-refractivity contribution is -0.453. The van der Waals surface area contributed by atoms with Crippen LogP contribution in [0.1, 0.15) is 31.9 Å². The maximum absolute atomic E-state index is 14.1. The van der Waals surface area contributed by atoms with Crippen molar-refractivity contribution in [2.45, 2.75) is 68.1 Å². The molecule has 0 aliphatic heterocycles. The van der Waals surface area contributed by atoms with Crippen LogP contribution in [-0.4, -0.2) is 59.9 Å². The number of benzene rings is 1. The highest BCUT2D eigenvalue weighted by atomic mass is 19.4. The average molecular weight is 561 g/mol. The van der Waals surface area contributed by atoms with Crippen molar-refractivity contribution in [2.24, 2.45) is 0 Å². The Morgan fingerprint density at radius 3 is 1.50 bits per heavy atom. The lowest BCUT2D eigenvalue weighted by atomic mass is 9.88. The van der Waals surface area contributed by atoms with Gasteiger partial charge in [-0.2, -0.15) is 65.9 Å². The number of hydrogen-bond donors (Lipinski definition) is 1. The molecule has 0 saturated heterocycles. The fourth-order valence-electron chi connectivity index (χ4n) is 3.01. The van der Waals surface area contributed by atoms with Crippen LogP contribution in [0.5, 0.6) is 0 Å². The van der Waals surface area contributed by atoms with E-state index in [1.54, 1.807) is 18.7 Å². The molecule has 0 aliphatic rings. The Kier molecular flexibility index (Phi) is 8.58. The Hall–Kier alpha value is -2.07. The standard InChI is InChI=1S/C19H18F15NO/c1-3-35(4-2)11-7-5-6-10(8-11)12(36)9-13(20,21)14(22,23)15(24,25)16(26,27)17(28,29)18(30,31)19(32,33)34/h5-8,12,36H,3-4,9H2,1-2H3. The van der Waals surface area contributed by atoms with Crippen LogP contribution in [-0.2, 0) is 0 Å². The van der Waals surface area contributed by atoms with Crippen molar-refractivity contribution in [3.63, 3.8) is 0 Å². The normalized spacial score (nSPS) is 15.7. The van der Waals surface area contributed by atoms with Crippen LogP contribution < -0.4 is 4.90 Å². The molecule has 0 bridgehead atoms. The van der Waals surface area contributed by atoms with E-state index in [-0.39, 0.29) is 5.69 Å². The third-order valence-corrected chi connectivity index (χ3v) is 5.23. The van der Waals surface area contributed by atoms with Gasteiger partial charge in [-0.15, -0.1) is 0 Å². The Morgan fingerprint density at radius 1 is 0.667 bits per heavy atom. The molecule has 0 radical (unpaired) electrons. The maximum Gasteiger partial charge on any atom is 0.460 e. The van der Waals surface area contributed by atoms with Gasteiger partial charge in [-0.1, -0.05) is 12.1 Å². The summed E-state index contributed by atoms with van der Waals surface area (Å²) in [5.41, 5.74) is -0.434. The molecule has 1 unspecified atom stereocenters. The lowest BCUT2D eigenvalue weighted by Crippen LogP contribution is -2.72. The van der Waals surface area contributed by atoms with E-state index in [9.17, 15) is 71.0 Å². The van der Waals surface area contributed by atoms with Crippen molar-refractivity contribution in [2.75, 3.05) is 18.0 Å². The molecule has 1 aromatic carbocycles. The Bertz CT molecular complexity index is 893. The van der Waals surface area contributed by atoms with E-state index in [1.807, 2.05) is 0 Å². The largest absolute Gasteiger partial charge is 0.460 e. The Balaban J connectivity index is 3.44. The van der Waals surface area contributed by atoms with Gasteiger partial charge in [0.1, 0.15) is 0 Å². The minimum atomic E-state index is -8.35. The number of rotatable bonds is 11. The highest BCUT2D eigenvalue weighted by molar-refractivity contribution is 5.49. The second-order valence-corrected chi connectivity index (χ2v) is 7.56. The van der Waals surface area contributed by atoms with Crippen LogP contribution in [0.3, 0.4) is 0 Å². The van der Waals surface area contributed by atoms with E-state index in [0.29, 0.717) is 13.1 Å². The maximum atomic E-state index is 14.1. The summed E-state index contributed by atoms with van der Waals surface area (Å²) < 4.78 is 199. The summed E-state index contributed by atoms with van der Waals surface area (Å²) in [7, 11) is 0. The number of aliphatic hydroxyl groups excluding tert-OH is 1. The number of anilines is 1. The van der Waals surface area contributed by atoms with Gasteiger partial charge < -0.3 is 10.0 Å². The molecule has 210 valence electrons. The number of halogens is 15. The van der Waals surface area contributed by atoms with E-state index in [0.717, 1.165) is 18.2 Å². The summed E-state index contributed by atoms with van der Waals surface area (Å²) in [5, 5.41) is 9.85. The van der Waals surface area contributed by atoms with Gasteiger partial charge in [0.2, 0.25) is 0 Å². The summed E-state index contributed by atoms with van der Waals surface area (Å²) in [5.74, 6) is -47.0. The van der Waals surface area contributed by atoms with Crippen LogP contribution in [0.2, 0.25) is 0 Å². The first-order valence-electron chi connectivity index (χ1n) is 9.74.